The zero-order valence-electron chi connectivity index (χ0n) is 13.3. The van der Waals surface area contributed by atoms with Crippen molar-refractivity contribution >= 4 is 29.1 Å². The van der Waals surface area contributed by atoms with Crippen LogP contribution in [0.25, 0.3) is 0 Å². The van der Waals surface area contributed by atoms with E-state index in [2.05, 4.69) is 17.2 Å². The molecule has 0 spiro atoms. The van der Waals surface area contributed by atoms with E-state index >= 15 is 0 Å². The Labute approximate surface area is 141 Å². The third-order valence-corrected chi connectivity index (χ3v) is 4.41. The monoisotopic (exact) mass is 335 g/mol. The van der Waals surface area contributed by atoms with Gasteiger partial charge < -0.3 is 15.5 Å². The van der Waals surface area contributed by atoms with Crippen LogP contribution in [0.2, 0.25) is 5.02 Å². The lowest BCUT2D eigenvalue weighted by atomic mass is 10.0. The molecule has 0 aliphatic carbocycles. The molecule has 1 fully saturated rings. The number of aryl methyl sites for hydroxylation is 1. The van der Waals surface area contributed by atoms with Crippen molar-refractivity contribution in [1.29, 1.82) is 0 Å². The second kappa shape index (κ2) is 8.02. The van der Waals surface area contributed by atoms with E-state index in [4.69, 9.17) is 11.6 Å². The number of amides is 2. The molecule has 2 amide bonds. The first-order chi connectivity index (χ1) is 11.0. The Hall–Kier alpha value is -2.01. The molecule has 0 bridgehead atoms. The minimum absolute atomic E-state index is 0.0612. The van der Waals surface area contributed by atoms with E-state index < -0.39 is 0 Å². The summed E-state index contributed by atoms with van der Waals surface area (Å²) >= 11 is 5.99. The fourth-order valence-electron chi connectivity index (χ4n) is 2.58. The Morgan fingerprint density at radius 2 is 2.09 bits per heavy atom. The van der Waals surface area contributed by atoms with Gasteiger partial charge in [-0.2, -0.15) is 0 Å². The average molecular weight is 336 g/mol. The average Bonchev–Trinajstić information content (AvgIpc) is 2.56. The summed E-state index contributed by atoms with van der Waals surface area (Å²) in [6, 6.07) is 5.72. The maximum absolute atomic E-state index is 12.2. The van der Waals surface area contributed by atoms with Gasteiger partial charge in [0, 0.05) is 29.8 Å². The van der Waals surface area contributed by atoms with Gasteiger partial charge in [0.1, 0.15) is 0 Å². The molecule has 124 valence electrons. The highest BCUT2D eigenvalue weighted by atomic mass is 35.5. The molecule has 0 unspecified atom stereocenters. The Morgan fingerprint density at radius 1 is 1.39 bits per heavy atom. The summed E-state index contributed by atoms with van der Waals surface area (Å²) in [6.07, 6.45) is 2.81. The summed E-state index contributed by atoms with van der Waals surface area (Å²) in [5, 5.41) is 6.72. The summed E-state index contributed by atoms with van der Waals surface area (Å²) in [6.45, 7) is 6.93. The first kappa shape index (κ1) is 17.3. The molecule has 0 aromatic heterocycles. The van der Waals surface area contributed by atoms with E-state index in [1.165, 1.54) is 6.08 Å². The molecule has 5 nitrogen and oxygen atoms in total. The van der Waals surface area contributed by atoms with E-state index in [0.717, 1.165) is 24.1 Å². The van der Waals surface area contributed by atoms with Gasteiger partial charge in [-0.1, -0.05) is 18.2 Å². The van der Waals surface area contributed by atoms with Crippen molar-refractivity contribution in [3.8, 4) is 0 Å². The summed E-state index contributed by atoms with van der Waals surface area (Å²) in [7, 11) is 0. The number of likely N-dealkylation sites (tertiary alicyclic amines) is 1. The number of halogens is 1. The number of nitrogens with one attached hydrogen (secondary N) is 2. The predicted octanol–water partition coefficient (Wildman–Crippen LogP) is 2.35. The standard InChI is InChI=1S/C17H22ClN3O2/c1-3-16(22)20-13-6-8-21(9-7-13)17(23)11-19-14-4-5-15(18)12(2)10-14/h3-5,10,13,19H,1,6-9,11H2,2H3,(H,20,22). The molecule has 2 rings (SSSR count). The van der Waals surface area contributed by atoms with Crippen LogP contribution in [0.5, 0.6) is 0 Å². The maximum Gasteiger partial charge on any atom is 0.243 e. The van der Waals surface area contributed by atoms with Crippen molar-refractivity contribution in [1.82, 2.24) is 10.2 Å². The highest BCUT2D eigenvalue weighted by molar-refractivity contribution is 6.31. The van der Waals surface area contributed by atoms with Crippen molar-refractivity contribution in [3.63, 3.8) is 0 Å². The molecular weight excluding hydrogens is 314 g/mol. The van der Waals surface area contributed by atoms with Crippen LogP contribution in [-0.4, -0.2) is 42.4 Å². The van der Waals surface area contributed by atoms with Crippen LogP contribution < -0.4 is 10.6 Å². The lowest BCUT2D eigenvalue weighted by Gasteiger charge is -2.32. The van der Waals surface area contributed by atoms with Crippen LogP contribution in [0.15, 0.2) is 30.9 Å². The van der Waals surface area contributed by atoms with Crippen LogP contribution in [0.1, 0.15) is 18.4 Å². The van der Waals surface area contributed by atoms with Gasteiger partial charge in [0.05, 0.1) is 6.54 Å². The molecule has 23 heavy (non-hydrogen) atoms. The van der Waals surface area contributed by atoms with Gasteiger partial charge in [-0.3, -0.25) is 9.59 Å². The van der Waals surface area contributed by atoms with E-state index in [1.54, 1.807) is 0 Å². The topological polar surface area (TPSA) is 61.4 Å². The number of rotatable bonds is 5. The molecular formula is C17H22ClN3O2. The van der Waals surface area contributed by atoms with Crippen LogP contribution in [0.3, 0.4) is 0 Å². The van der Waals surface area contributed by atoms with Gasteiger partial charge in [0.15, 0.2) is 0 Å². The Morgan fingerprint density at radius 3 is 2.70 bits per heavy atom. The fourth-order valence-corrected chi connectivity index (χ4v) is 2.70. The first-order valence-electron chi connectivity index (χ1n) is 7.70. The quantitative estimate of drug-likeness (QED) is 0.812. The van der Waals surface area contributed by atoms with Gasteiger partial charge in [-0.05, 0) is 49.6 Å². The number of benzene rings is 1. The molecule has 1 saturated heterocycles. The summed E-state index contributed by atoms with van der Waals surface area (Å²) in [4.78, 5) is 25.3. The van der Waals surface area contributed by atoms with Gasteiger partial charge >= 0.3 is 0 Å². The van der Waals surface area contributed by atoms with E-state index in [1.807, 2.05) is 30.0 Å². The minimum atomic E-state index is -0.158. The Balaban J connectivity index is 1.77. The zero-order valence-corrected chi connectivity index (χ0v) is 14.0. The number of piperidine rings is 1. The third kappa shape index (κ3) is 4.99. The van der Waals surface area contributed by atoms with Crippen LogP contribution in [0.4, 0.5) is 5.69 Å². The summed E-state index contributed by atoms with van der Waals surface area (Å²) in [5.74, 6) is -0.0966. The van der Waals surface area contributed by atoms with Crippen molar-refractivity contribution in [3.05, 3.63) is 41.4 Å². The highest BCUT2D eigenvalue weighted by Gasteiger charge is 2.23. The van der Waals surface area contributed by atoms with Gasteiger partial charge in [0.2, 0.25) is 11.8 Å². The SMILES string of the molecule is C=CC(=O)NC1CCN(C(=O)CNc2ccc(Cl)c(C)c2)CC1. The lowest BCUT2D eigenvalue weighted by Crippen LogP contribution is -2.47. The van der Waals surface area contributed by atoms with Crippen molar-refractivity contribution in [2.75, 3.05) is 25.0 Å². The van der Waals surface area contributed by atoms with E-state index in [9.17, 15) is 9.59 Å². The van der Waals surface area contributed by atoms with Crippen LogP contribution in [-0.2, 0) is 9.59 Å². The Kier molecular flexibility index (Phi) is 6.04. The molecule has 1 aromatic carbocycles. The first-order valence-corrected chi connectivity index (χ1v) is 8.08. The number of hydrogen-bond donors (Lipinski definition) is 2. The number of hydrogen-bond acceptors (Lipinski definition) is 3. The Bertz CT molecular complexity index is 596. The van der Waals surface area contributed by atoms with Crippen molar-refractivity contribution in [2.45, 2.75) is 25.8 Å². The smallest absolute Gasteiger partial charge is 0.243 e. The van der Waals surface area contributed by atoms with Gasteiger partial charge in [-0.25, -0.2) is 0 Å². The second-order valence-electron chi connectivity index (χ2n) is 5.69. The molecule has 0 saturated carbocycles. The highest BCUT2D eigenvalue weighted by Crippen LogP contribution is 2.19. The van der Waals surface area contributed by atoms with E-state index in [-0.39, 0.29) is 24.4 Å². The van der Waals surface area contributed by atoms with Crippen LogP contribution in [0, 0.1) is 6.92 Å². The number of carbonyl (C=O) groups is 2. The molecule has 0 atom stereocenters. The number of anilines is 1. The molecule has 6 heteroatoms. The third-order valence-electron chi connectivity index (χ3n) is 3.98. The number of nitrogens with zero attached hydrogens (tertiary/aromatic N) is 1. The van der Waals surface area contributed by atoms with Crippen LogP contribution >= 0.6 is 11.6 Å². The summed E-state index contributed by atoms with van der Waals surface area (Å²) in [5.41, 5.74) is 1.86. The molecule has 2 N–H and O–H groups in total. The maximum atomic E-state index is 12.2. The number of carbonyl (C=O) groups excluding carboxylic acids is 2. The molecule has 1 aliphatic heterocycles. The molecule has 1 aromatic rings. The normalized spacial score (nSPS) is 15.1. The minimum Gasteiger partial charge on any atom is -0.376 e. The van der Waals surface area contributed by atoms with Gasteiger partial charge in [-0.15, -0.1) is 0 Å². The molecule has 0 radical (unpaired) electrons. The fraction of sp³-hybridized carbons (Fsp3) is 0.412. The largest absolute Gasteiger partial charge is 0.376 e. The molecule has 1 aliphatic rings. The van der Waals surface area contributed by atoms with E-state index in [0.29, 0.717) is 18.1 Å². The van der Waals surface area contributed by atoms with Gasteiger partial charge in [0.25, 0.3) is 0 Å². The predicted molar refractivity (Wildman–Crippen MR) is 92.6 cm³/mol. The summed E-state index contributed by atoms with van der Waals surface area (Å²) < 4.78 is 0. The van der Waals surface area contributed by atoms with Crippen molar-refractivity contribution in [2.24, 2.45) is 0 Å². The second-order valence-corrected chi connectivity index (χ2v) is 6.09. The zero-order chi connectivity index (χ0) is 16.8. The van der Waals surface area contributed by atoms with Crippen molar-refractivity contribution < 1.29 is 9.59 Å². The molecule has 1 heterocycles. The lowest BCUT2D eigenvalue weighted by molar-refractivity contribution is -0.130.